The van der Waals surface area contributed by atoms with E-state index in [1.807, 2.05) is 60.7 Å². The van der Waals surface area contributed by atoms with Crippen molar-refractivity contribution in [3.8, 4) is 0 Å². The Morgan fingerprint density at radius 2 is 1.57 bits per heavy atom. The summed E-state index contributed by atoms with van der Waals surface area (Å²) in [5.74, 6) is 0. The highest BCUT2D eigenvalue weighted by Gasteiger charge is 2.44. The molecule has 0 aliphatic carbocycles. The second-order valence-corrected chi connectivity index (χ2v) is 8.05. The third-order valence-corrected chi connectivity index (χ3v) is 6.06. The van der Waals surface area contributed by atoms with Crippen LogP contribution in [0.4, 0.5) is 0 Å². The summed E-state index contributed by atoms with van der Waals surface area (Å²) in [5, 5.41) is 12.1. The summed E-state index contributed by atoms with van der Waals surface area (Å²) in [6, 6.07) is 28.1. The summed E-state index contributed by atoms with van der Waals surface area (Å²) in [6.45, 7) is 2.95. The Hall–Kier alpha value is -1.98. The van der Waals surface area contributed by atoms with E-state index in [0.29, 0.717) is 13.2 Å². The van der Waals surface area contributed by atoms with Gasteiger partial charge in [0.25, 0.3) is 0 Å². The van der Waals surface area contributed by atoms with Gasteiger partial charge in [-0.05, 0) is 17.2 Å². The zero-order valence-corrected chi connectivity index (χ0v) is 17.3. The van der Waals surface area contributed by atoms with Crippen LogP contribution in [0.1, 0.15) is 16.7 Å². The minimum atomic E-state index is -1.24. The second-order valence-electron chi connectivity index (χ2n) is 7.19. The van der Waals surface area contributed by atoms with E-state index in [4.69, 9.17) is 4.74 Å². The van der Waals surface area contributed by atoms with Gasteiger partial charge >= 0.3 is 0 Å². The quantitative estimate of drug-likeness (QED) is 0.633. The number of halogens is 1. The lowest BCUT2D eigenvalue weighted by atomic mass is 9.81. The van der Waals surface area contributed by atoms with Gasteiger partial charge in [-0.1, -0.05) is 94.8 Å². The molecule has 3 nitrogen and oxygen atoms in total. The number of benzene rings is 3. The first kappa shape index (κ1) is 19.3. The Labute approximate surface area is 174 Å². The molecule has 1 saturated heterocycles. The Kier molecular flexibility index (Phi) is 5.93. The zero-order valence-electron chi connectivity index (χ0n) is 15.7. The molecule has 0 amide bonds. The number of ether oxygens (including phenoxy) is 1. The molecule has 0 saturated carbocycles. The number of hydrogen-bond donors (Lipinski definition) is 1. The lowest BCUT2D eigenvalue weighted by Crippen LogP contribution is -2.53. The number of rotatable bonds is 5. The van der Waals surface area contributed by atoms with E-state index in [-0.39, 0.29) is 6.10 Å². The molecule has 1 fully saturated rings. The van der Waals surface area contributed by atoms with Crippen LogP contribution in [-0.4, -0.2) is 35.8 Å². The predicted octanol–water partition coefficient (Wildman–Crippen LogP) is 4.59. The summed E-state index contributed by atoms with van der Waals surface area (Å²) >= 11 is 3.64. The molecule has 4 rings (SSSR count). The SMILES string of the molecule is OC(c1ccccc1)(c1ccccc1Br)C1CN(Cc2ccccc2)CCO1. The van der Waals surface area contributed by atoms with E-state index in [1.54, 1.807) is 0 Å². The topological polar surface area (TPSA) is 32.7 Å². The highest BCUT2D eigenvalue weighted by Crippen LogP contribution is 2.39. The molecule has 4 heteroatoms. The molecular formula is C24H24BrNO2. The van der Waals surface area contributed by atoms with E-state index >= 15 is 0 Å². The van der Waals surface area contributed by atoms with Crippen LogP contribution >= 0.6 is 15.9 Å². The van der Waals surface area contributed by atoms with Crippen LogP contribution in [0.15, 0.2) is 89.4 Å². The molecule has 2 unspecified atom stereocenters. The van der Waals surface area contributed by atoms with Gasteiger partial charge in [-0.15, -0.1) is 0 Å². The van der Waals surface area contributed by atoms with Gasteiger partial charge in [-0.2, -0.15) is 0 Å². The van der Waals surface area contributed by atoms with Crippen molar-refractivity contribution >= 4 is 15.9 Å². The smallest absolute Gasteiger partial charge is 0.143 e. The van der Waals surface area contributed by atoms with Crippen LogP contribution in [0, 0.1) is 0 Å². The molecule has 1 aliphatic heterocycles. The van der Waals surface area contributed by atoms with Gasteiger partial charge in [-0.25, -0.2) is 0 Å². The molecule has 1 N–H and O–H groups in total. The van der Waals surface area contributed by atoms with Crippen LogP contribution < -0.4 is 0 Å². The van der Waals surface area contributed by atoms with Crippen molar-refractivity contribution in [1.29, 1.82) is 0 Å². The fourth-order valence-electron chi connectivity index (χ4n) is 3.92. The largest absolute Gasteiger partial charge is 0.378 e. The molecule has 28 heavy (non-hydrogen) atoms. The van der Waals surface area contributed by atoms with Gasteiger partial charge in [0.2, 0.25) is 0 Å². The summed E-state index contributed by atoms with van der Waals surface area (Å²) in [5.41, 5.74) is 1.70. The molecule has 1 aliphatic rings. The Balaban J connectivity index is 1.68. The molecule has 0 aromatic heterocycles. The fraction of sp³-hybridized carbons (Fsp3) is 0.250. The average molecular weight is 438 g/mol. The average Bonchev–Trinajstić information content (AvgIpc) is 2.75. The summed E-state index contributed by atoms with van der Waals surface area (Å²) < 4.78 is 7.04. The van der Waals surface area contributed by atoms with E-state index in [9.17, 15) is 5.11 Å². The van der Waals surface area contributed by atoms with E-state index in [0.717, 1.165) is 28.7 Å². The van der Waals surface area contributed by atoms with E-state index in [2.05, 4.69) is 45.1 Å². The van der Waals surface area contributed by atoms with Crippen LogP contribution in [-0.2, 0) is 16.9 Å². The van der Waals surface area contributed by atoms with Gasteiger partial charge in [-0.3, -0.25) is 4.90 Å². The highest BCUT2D eigenvalue weighted by molar-refractivity contribution is 9.10. The molecule has 0 bridgehead atoms. The first-order valence-electron chi connectivity index (χ1n) is 9.58. The van der Waals surface area contributed by atoms with Crippen molar-refractivity contribution < 1.29 is 9.84 Å². The first-order chi connectivity index (χ1) is 13.7. The molecular weight excluding hydrogens is 414 g/mol. The van der Waals surface area contributed by atoms with Crippen molar-refractivity contribution in [2.24, 2.45) is 0 Å². The minimum Gasteiger partial charge on any atom is -0.378 e. The molecule has 1 heterocycles. The van der Waals surface area contributed by atoms with Gasteiger partial charge in [0.05, 0.1) is 6.61 Å². The van der Waals surface area contributed by atoms with Crippen LogP contribution in [0.3, 0.4) is 0 Å². The van der Waals surface area contributed by atoms with Gasteiger partial charge in [0.15, 0.2) is 0 Å². The van der Waals surface area contributed by atoms with Crippen molar-refractivity contribution in [1.82, 2.24) is 4.90 Å². The summed E-state index contributed by atoms with van der Waals surface area (Å²) in [6.07, 6.45) is -0.369. The van der Waals surface area contributed by atoms with Crippen molar-refractivity contribution in [3.05, 3.63) is 106 Å². The lowest BCUT2D eigenvalue weighted by molar-refractivity contribution is -0.131. The number of morpholine rings is 1. The third kappa shape index (κ3) is 3.91. The number of aliphatic hydroxyl groups is 1. The van der Waals surface area contributed by atoms with Gasteiger partial charge < -0.3 is 9.84 Å². The number of nitrogens with zero attached hydrogens (tertiary/aromatic N) is 1. The number of hydrogen-bond acceptors (Lipinski definition) is 3. The first-order valence-corrected chi connectivity index (χ1v) is 10.4. The molecule has 2 atom stereocenters. The molecule has 3 aromatic rings. The van der Waals surface area contributed by atoms with E-state index in [1.165, 1.54) is 5.56 Å². The van der Waals surface area contributed by atoms with E-state index < -0.39 is 5.60 Å². The Morgan fingerprint density at radius 3 is 2.29 bits per heavy atom. The Morgan fingerprint density at radius 1 is 0.929 bits per heavy atom. The minimum absolute atomic E-state index is 0.369. The zero-order chi connectivity index (χ0) is 19.4. The molecule has 144 valence electrons. The molecule has 0 spiro atoms. The normalized spacial score (nSPS) is 19.9. The third-order valence-electron chi connectivity index (χ3n) is 5.36. The monoisotopic (exact) mass is 437 g/mol. The molecule has 0 radical (unpaired) electrons. The maximum Gasteiger partial charge on any atom is 0.143 e. The van der Waals surface area contributed by atoms with Gasteiger partial charge in [0, 0.05) is 29.7 Å². The van der Waals surface area contributed by atoms with Crippen LogP contribution in [0.5, 0.6) is 0 Å². The van der Waals surface area contributed by atoms with Crippen LogP contribution in [0.2, 0.25) is 0 Å². The Bertz CT molecular complexity index is 903. The fourth-order valence-corrected chi connectivity index (χ4v) is 4.50. The van der Waals surface area contributed by atoms with Crippen molar-refractivity contribution in [2.75, 3.05) is 19.7 Å². The second kappa shape index (κ2) is 8.58. The molecule has 3 aromatic carbocycles. The maximum absolute atomic E-state index is 12.1. The van der Waals surface area contributed by atoms with Crippen LogP contribution in [0.25, 0.3) is 0 Å². The summed E-state index contributed by atoms with van der Waals surface area (Å²) in [4.78, 5) is 2.36. The summed E-state index contributed by atoms with van der Waals surface area (Å²) in [7, 11) is 0. The highest BCUT2D eigenvalue weighted by atomic mass is 79.9. The van der Waals surface area contributed by atoms with Crippen molar-refractivity contribution in [3.63, 3.8) is 0 Å². The van der Waals surface area contributed by atoms with Crippen molar-refractivity contribution in [2.45, 2.75) is 18.2 Å². The standard InChI is InChI=1S/C24H24BrNO2/c25-22-14-8-7-13-21(22)24(27,20-11-5-2-6-12-20)23-18-26(15-16-28-23)17-19-9-3-1-4-10-19/h1-14,23,27H,15-18H2. The lowest BCUT2D eigenvalue weighted by Gasteiger charge is -2.43. The van der Waals surface area contributed by atoms with Gasteiger partial charge in [0.1, 0.15) is 11.7 Å². The predicted molar refractivity (Wildman–Crippen MR) is 115 cm³/mol. The maximum atomic E-state index is 12.1.